The van der Waals surface area contributed by atoms with Crippen molar-refractivity contribution in [3.63, 3.8) is 0 Å². The van der Waals surface area contributed by atoms with Gasteiger partial charge in [0.25, 0.3) is 5.91 Å². The van der Waals surface area contributed by atoms with E-state index in [1.54, 1.807) is 19.1 Å². The lowest BCUT2D eigenvalue weighted by atomic mass is 10.2. The second-order valence-electron chi connectivity index (χ2n) is 5.39. The molecule has 0 aliphatic rings. The average Bonchev–Trinajstić information content (AvgIpc) is 3.08. The second-order valence-corrected chi connectivity index (χ2v) is 5.80. The molecule has 1 aromatic carbocycles. The number of methoxy groups -OCH3 is 1. The van der Waals surface area contributed by atoms with Crippen LogP contribution in [0.1, 0.15) is 26.6 Å². The van der Waals surface area contributed by atoms with E-state index in [4.69, 9.17) is 16.1 Å². The lowest BCUT2D eigenvalue weighted by molar-refractivity contribution is 0.0600. The number of esters is 1. The Kier molecular flexibility index (Phi) is 5.32. The van der Waals surface area contributed by atoms with Gasteiger partial charge in [0.15, 0.2) is 17.3 Å². The van der Waals surface area contributed by atoms with Crippen LogP contribution in [0.4, 0.5) is 17.3 Å². The van der Waals surface area contributed by atoms with Crippen LogP contribution >= 0.6 is 11.6 Å². The number of carbonyl (C=O) groups is 2. The first-order valence-corrected chi connectivity index (χ1v) is 8.07. The fourth-order valence-electron chi connectivity index (χ4n) is 2.13. The average molecular weight is 388 g/mol. The van der Waals surface area contributed by atoms with E-state index in [1.165, 1.54) is 31.4 Å². The van der Waals surface area contributed by atoms with Crippen LogP contribution in [0.3, 0.4) is 0 Å². The zero-order valence-electron chi connectivity index (χ0n) is 14.3. The summed E-state index contributed by atoms with van der Waals surface area (Å²) in [6, 6.07) is 9.15. The van der Waals surface area contributed by atoms with Crippen molar-refractivity contribution in [2.75, 3.05) is 17.7 Å². The Morgan fingerprint density at radius 3 is 2.56 bits per heavy atom. The van der Waals surface area contributed by atoms with E-state index < -0.39 is 11.9 Å². The minimum Gasteiger partial charge on any atom is -0.465 e. The number of nitrogens with one attached hydrogen (secondary N) is 2. The molecule has 0 aliphatic carbocycles. The fraction of sp³-hybridized carbons (Fsp3) is 0.118. The molecular formula is C17H14ClN5O4. The SMILES string of the molecule is COC(=O)c1ccc(Cl)c(NC(=O)c2ccc(Nc3cc(C)on3)nn2)c1. The van der Waals surface area contributed by atoms with Crippen LogP contribution in [-0.4, -0.2) is 34.3 Å². The number of ether oxygens (including phenoxy) is 1. The first-order chi connectivity index (χ1) is 13.0. The third-order valence-electron chi connectivity index (χ3n) is 3.42. The maximum Gasteiger partial charge on any atom is 0.337 e. The highest BCUT2D eigenvalue weighted by atomic mass is 35.5. The molecule has 10 heteroatoms. The van der Waals surface area contributed by atoms with Crippen molar-refractivity contribution >= 4 is 40.8 Å². The van der Waals surface area contributed by atoms with E-state index in [-0.39, 0.29) is 22.0 Å². The molecule has 3 rings (SSSR count). The van der Waals surface area contributed by atoms with Crippen LogP contribution in [0.2, 0.25) is 5.02 Å². The van der Waals surface area contributed by atoms with Gasteiger partial charge in [-0.3, -0.25) is 4.79 Å². The number of rotatable bonds is 5. The van der Waals surface area contributed by atoms with Gasteiger partial charge in [-0.15, -0.1) is 10.2 Å². The zero-order valence-corrected chi connectivity index (χ0v) is 15.1. The Morgan fingerprint density at radius 1 is 1.11 bits per heavy atom. The number of nitrogens with zero attached hydrogens (tertiary/aromatic N) is 3. The van der Waals surface area contributed by atoms with Gasteiger partial charge in [-0.05, 0) is 37.3 Å². The molecule has 2 heterocycles. The van der Waals surface area contributed by atoms with Crippen molar-refractivity contribution in [2.45, 2.75) is 6.92 Å². The molecule has 0 saturated carbocycles. The zero-order chi connectivity index (χ0) is 19.4. The van der Waals surface area contributed by atoms with Gasteiger partial charge in [0.1, 0.15) is 5.76 Å². The molecule has 0 spiro atoms. The summed E-state index contributed by atoms with van der Waals surface area (Å²) < 4.78 is 9.59. The summed E-state index contributed by atoms with van der Waals surface area (Å²) in [5.74, 6) is 0.444. The minimum absolute atomic E-state index is 0.0661. The highest BCUT2D eigenvalue weighted by Crippen LogP contribution is 2.24. The molecule has 27 heavy (non-hydrogen) atoms. The molecule has 2 aromatic heterocycles. The summed E-state index contributed by atoms with van der Waals surface area (Å²) in [6.45, 7) is 1.76. The molecule has 3 aromatic rings. The standard InChI is InChI=1S/C17H14ClN5O4/c1-9-7-15(23-27-9)20-14-6-5-12(21-22-14)16(24)19-13-8-10(17(25)26-2)3-4-11(13)18/h3-8H,1-2H3,(H,19,24)(H,20,22,23). The molecule has 0 radical (unpaired) electrons. The highest BCUT2D eigenvalue weighted by Gasteiger charge is 2.14. The van der Waals surface area contributed by atoms with Crippen molar-refractivity contribution in [1.82, 2.24) is 15.4 Å². The molecule has 1 amide bonds. The summed E-state index contributed by atoms with van der Waals surface area (Å²) in [7, 11) is 1.26. The van der Waals surface area contributed by atoms with Crippen LogP contribution in [-0.2, 0) is 4.74 Å². The topological polar surface area (TPSA) is 119 Å². The van der Waals surface area contributed by atoms with E-state index in [2.05, 4.69) is 30.7 Å². The highest BCUT2D eigenvalue weighted by molar-refractivity contribution is 6.34. The van der Waals surface area contributed by atoms with Gasteiger partial charge in [-0.1, -0.05) is 16.8 Å². The summed E-state index contributed by atoms with van der Waals surface area (Å²) >= 11 is 6.06. The minimum atomic E-state index is -0.541. The normalized spacial score (nSPS) is 10.3. The molecule has 0 aliphatic heterocycles. The fourth-order valence-corrected chi connectivity index (χ4v) is 2.29. The summed E-state index contributed by atoms with van der Waals surface area (Å²) in [6.07, 6.45) is 0. The van der Waals surface area contributed by atoms with Crippen molar-refractivity contribution in [1.29, 1.82) is 0 Å². The summed E-state index contributed by atoms with van der Waals surface area (Å²) in [4.78, 5) is 24.0. The Bertz CT molecular complexity index is 987. The largest absolute Gasteiger partial charge is 0.465 e. The van der Waals surface area contributed by atoms with Crippen LogP contribution in [0.25, 0.3) is 0 Å². The maximum absolute atomic E-state index is 12.4. The summed E-state index contributed by atoms with van der Waals surface area (Å²) in [5, 5.41) is 17.3. The van der Waals surface area contributed by atoms with Crippen LogP contribution in [0, 0.1) is 6.92 Å². The van der Waals surface area contributed by atoms with E-state index >= 15 is 0 Å². The van der Waals surface area contributed by atoms with Crippen LogP contribution in [0.15, 0.2) is 40.9 Å². The molecule has 138 valence electrons. The number of aryl methyl sites for hydroxylation is 1. The Hall–Kier alpha value is -3.46. The summed E-state index contributed by atoms with van der Waals surface area (Å²) in [5.41, 5.74) is 0.578. The monoisotopic (exact) mass is 387 g/mol. The van der Waals surface area contributed by atoms with Gasteiger partial charge in [-0.2, -0.15) is 0 Å². The smallest absolute Gasteiger partial charge is 0.337 e. The van der Waals surface area contributed by atoms with E-state index in [1.807, 2.05) is 0 Å². The molecule has 0 fully saturated rings. The van der Waals surface area contributed by atoms with Crippen molar-refractivity contribution in [3.05, 3.63) is 58.4 Å². The molecule has 2 N–H and O–H groups in total. The third kappa shape index (κ3) is 4.39. The number of hydrogen-bond donors (Lipinski definition) is 2. The van der Waals surface area contributed by atoms with Crippen molar-refractivity contribution in [2.24, 2.45) is 0 Å². The number of carbonyl (C=O) groups excluding carboxylic acids is 2. The number of anilines is 3. The first kappa shape index (κ1) is 18.3. The van der Waals surface area contributed by atoms with E-state index in [0.717, 1.165) is 0 Å². The Balaban J connectivity index is 1.72. The van der Waals surface area contributed by atoms with Crippen LogP contribution in [0.5, 0.6) is 0 Å². The molecule has 0 saturated heterocycles. The van der Waals surface area contributed by atoms with E-state index in [0.29, 0.717) is 17.4 Å². The van der Waals surface area contributed by atoms with Gasteiger partial charge in [0, 0.05) is 6.07 Å². The van der Waals surface area contributed by atoms with Crippen LogP contribution < -0.4 is 10.6 Å². The molecular weight excluding hydrogens is 374 g/mol. The van der Waals surface area contributed by atoms with E-state index in [9.17, 15) is 9.59 Å². The van der Waals surface area contributed by atoms with Crippen molar-refractivity contribution in [3.8, 4) is 0 Å². The predicted molar refractivity (Wildman–Crippen MR) is 97.3 cm³/mol. The lowest BCUT2D eigenvalue weighted by Crippen LogP contribution is -2.15. The number of halogens is 1. The Labute approximate surface area is 158 Å². The molecule has 9 nitrogen and oxygen atoms in total. The first-order valence-electron chi connectivity index (χ1n) is 7.69. The van der Waals surface area contributed by atoms with Gasteiger partial charge in [0.2, 0.25) is 0 Å². The number of amides is 1. The predicted octanol–water partition coefficient (Wildman–Crippen LogP) is 3.21. The van der Waals surface area contributed by atoms with Gasteiger partial charge in [-0.25, -0.2) is 4.79 Å². The molecule has 0 unspecified atom stereocenters. The maximum atomic E-state index is 12.4. The van der Waals surface area contributed by atoms with Gasteiger partial charge >= 0.3 is 5.97 Å². The number of hydrogen-bond acceptors (Lipinski definition) is 8. The van der Waals surface area contributed by atoms with Gasteiger partial charge in [0.05, 0.1) is 23.4 Å². The quantitative estimate of drug-likeness (QED) is 0.640. The van der Waals surface area contributed by atoms with Crippen molar-refractivity contribution < 1.29 is 18.8 Å². The Morgan fingerprint density at radius 2 is 1.93 bits per heavy atom. The molecule has 0 bridgehead atoms. The third-order valence-corrected chi connectivity index (χ3v) is 3.75. The number of aromatic nitrogens is 3. The molecule has 0 atom stereocenters. The number of benzene rings is 1. The van der Waals surface area contributed by atoms with Gasteiger partial charge < -0.3 is 19.9 Å². The lowest BCUT2D eigenvalue weighted by Gasteiger charge is -2.08. The second kappa shape index (κ2) is 7.83.